The Morgan fingerprint density at radius 2 is 1.92 bits per heavy atom. The fourth-order valence-electron chi connectivity index (χ4n) is 1.84. The van der Waals surface area contributed by atoms with Gasteiger partial charge in [-0.3, -0.25) is 4.79 Å². The van der Waals surface area contributed by atoms with Crippen molar-refractivity contribution >= 4 is 18.4 Å². The van der Waals surface area contributed by atoms with E-state index in [0.717, 1.165) is 18.8 Å². The zero-order valence-corrected chi connectivity index (χ0v) is 8.11. The van der Waals surface area contributed by atoms with Crippen molar-refractivity contribution in [1.29, 1.82) is 0 Å². The molecule has 2 nitrogen and oxygen atoms in total. The van der Waals surface area contributed by atoms with Gasteiger partial charge in [-0.25, -0.2) is 0 Å². The van der Waals surface area contributed by atoms with E-state index in [0.29, 0.717) is 6.42 Å². The lowest BCUT2D eigenvalue weighted by Gasteiger charge is -2.05. The SMILES string of the molecule is Cl.O=C(O)CCCC1CCCC1. The minimum absolute atomic E-state index is 0. The topological polar surface area (TPSA) is 37.3 Å². The van der Waals surface area contributed by atoms with E-state index in [9.17, 15) is 4.79 Å². The van der Waals surface area contributed by atoms with Gasteiger partial charge in [-0.1, -0.05) is 25.7 Å². The van der Waals surface area contributed by atoms with Crippen LogP contribution in [-0.2, 0) is 4.79 Å². The van der Waals surface area contributed by atoms with Crippen LogP contribution in [0, 0.1) is 5.92 Å². The minimum Gasteiger partial charge on any atom is -0.481 e. The summed E-state index contributed by atoms with van der Waals surface area (Å²) < 4.78 is 0. The molecule has 0 saturated heterocycles. The van der Waals surface area contributed by atoms with Crippen LogP contribution in [-0.4, -0.2) is 11.1 Å². The van der Waals surface area contributed by atoms with Gasteiger partial charge in [-0.15, -0.1) is 12.4 Å². The molecule has 0 heterocycles. The van der Waals surface area contributed by atoms with E-state index in [-0.39, 0.29) is 12.4 Å². The average Bonchev–Trinajstić information content (AvgIpc) is 2.39. The Hall–Kier alpha value is -0.240. The van der Waals surface area contributed by atoms with Crippen LogP contribution < -0.4 is 0 Å². The summed E-state index contributed by atoms with van der Waals surface area (Å²) in [6.45, 7) is 0. The van der Waals surface area contributed by atoms with Gasteiger partial charge in [-0.2, -0.15) is 0 Å². The van der Waals surface area contributed by atoms with E-state index >= 15 is 0 Å². The lowest BCUT2D eigenvalue weighted by Crippen LogP contribution is -1.98. The molecule has 1 saturated carbocycles. The lowest BCUT2D eigenvalue weighted by atomic mass is 10.0. The standard InChI is InChI=1S/C9H16O2.ClH/c10-9(11)7-3-6-8-4-1-2-5-8;/h8H,1-7H2,(H,10,11);1H. The fraction of sp³-hybridized carbons (Fsp3) is 0.889. The quantitative estimate of drug-likeness (QED) is 0.744. The molecule has 0 aromatic rings. The molecule has 1 fully saturated rings. The number of halogens is 1. The zero-order valence-electron chi connectivity index (χ0n) is 7.29. The van der Waals surface area contributed by atoms with E-state index in [2.05, 4.69) is 0 Å². The second kappa shape index (κ2) is 6.30. The maximum absolute atomic E-state index is 10.2. The van der Waals surface area contributed by atoms with E-state index in [1.165, 1.54) is 25.7 Å². The Morgan fingerprint density at radius 3 is 2.42 bits per heavy atom. The van der Waals surface area contributed by atoms with Crippen molar-refractivity contribution in [3.63, 3.8) is 0 Å². The van der Waals surface area contributed by atoms with Crippen molar-refractivity contribution in [2.45, 2.75) is 44.9 Å². The lowest BCUT2D eigenvalue weighted by molar-refractivity contribution is -0.137. The number of carboxylic acid groups (broad SMARTS) is 1. The molecule has 12 heavy (non-hydrogen) atoms. The molecule has 1 aliphatic rings. The highest BCUT2D eigenvalue weighted by Crippen LogP contribution is 2.28. The molecule has 1 N–H and O–H groups in total. The molecule has 0 atom stereocenters. The zero-order chi connectivity index (χ0) is 8.10. The predicted octanol–water partition coefficient (Wildman–Crippen LogP) is 2.85. The van der Waals surface area contributed by atoms with Crippen LogP contribution in [0.15, 0.2) is 0 Å². The van der Waals surface area contributed by atoms with Crippen LogP contribution in [0.25, 0.3) is 0 Å². The second-order valence-electron chi connectivity index (χ2n) is 3.44. The Kier molecular flexibility index (Phi) is 6.17. The van der Waals surface area contributed by atoms with Crippen LogP contribution in [0.4, 0.5) is 0 Å². The molecule has 0 aliphatic heterocycles. The maximum Gasteiger partial charge on any atom is 0.303 e. The van der Waals surface area contributed by atoms with Crippen molar-refractivity contribution in [3.05, 3.63) is 0 Å². The molecule has 0 radical (unpaired) electrons. The summed E-state index contributed by atoms with van der Waals surface area (Å²) >= 11 is 0. The molecular weight excluding hydrogens is 176 g/mol. The highest BCUT2D eigenvalue weighted by atomic mass is 35.5. The molecule has 72 valence electrons. The first-order chi connectivity index (χ1) is 5.29. The average molecular weight is 193 g/mol. The van der Waals surface area contributed by atoms with Crippen LogP contribution in [0.1, 0.15) is 44.9 Å². The molecular formula is C9H17ClO2. The predicted molar refractivity (Wildman–Crippen MR) is 50.7 cm³/mol. The van der Waals surface area contributed by atoms with Crippen LogP contribution in [0.3, 0.4) is 0 Å². The largest absolute Gasteiger partial charge is 0.481 e. The fourth-order valence-corrected chi connectivity index (χ4v) is 1.84. The third-order valence-corrected chi connectivity index (χ3v) is 2.48. The molecule has 3 heteroatoms. The normalized spacial score (nSPS) is 17.3. The Balaban J connectivity index is 0.00000121. The number of rotatable bonds is 4. The Labute approximate surface area is 79.8 Å². The van der Waals surface area contributed by atoms with Gasteiger partial charge in [0.1, 0.15) is 0 Å². The van der Waals surface area contributed by atoms with Gasteiger partial charge in [0.05, 0.1) is 0 Å². The first kappa shape index (κ1) is 11.8. The van der Waals surface area contributed by atoms with Crippen LogP contribution in [0.5, 0.6) is 0 Å². The number of hydrogen-bond acceptors (Lipinski definition) is 1. The minimum atomic E-state index is -0.650. The number of carboxylic acids is 1. The first-order valence-corrected chi connectivity index (χ1v) is 4.51. The van der Waals surface area contributed by atoms with Crippen molar-refractivity contribution in [1.82, 2.24) is 0 Å². The summed E-state index contributed by atoms with van der Waals surface area (Å²) in [5.74, 6) is 0.192. The summed E-state index contributed by atoms with van der Waals surface area (Å²) in [4.78, 5) is 10.2. The van der Waals surface area contributed by atoms with E-state index in [1.807, 2.05) is 0 Å². The Morgan fingerprint density at radius 1 is 1.33 bits per heavy atom. The van der Waals surface area contributed by atoms with Gasteiger partial charge in [0.2, 0.25) is 0 Å². The second-order valence-corrected chi connectivity index (χ2v) is 3.44. The summed E-state index contributed by atoms with van der Waals surface area (Å²) in [6, 6.07) is 0. The van der Waals surface area contributed by atoms with Gasteiger partial charge in [0.15, 0.2) is 0 Å². The molecule has 0 aromatic carbocycles. The first-order valence-electron chi connectivity index (χ1n) is 4.51. The molecule has 0 spiro atoms. The van der Waals surface area contributed by atoms with Gasteiger partial charge in [0, 0.05) is 6.42 Å². The highest BCUT2D eigenvalue weighted by Gasteiger charge is 2.14. The van der Waals surface area contributed by atoms with Crippen LogP contribution in [0.2, 0.25) is 0 Å². The van der Waals surface area contributed by atoms with Crippen molar-refractivity contribution in [2.75, 3.05) is 0 Å². The van der Waals surface area contributed by atoms with Gasteiger partial charge >= 0.3 is 5.97 Å². The summed E-state index contributed by atoms with van der Waals surface area (Å²) in [6.07, 6.45) is 7.75. The monoisotopic (exact) mass is 192 g/mol. The molecule has 0 unspecified atom stereocenters. The third-order valence-electron chi connectivity index (χ3n) is 2.48. The van der Waals surface area contributed by atoms with Gasteiger partial charge in [0.25, 0.3) is 0 Å². The van der Waals surface area contributed by atoms with E-state index < -0.39 is 5.97 Å². The molecule has 1 aliphatic carbocycles. The van der Waals surface area contributed by atoms with Gasteiger partial charge in [-0.05, 0) is 18.8 Å². The molecule has 0 aromatic heterocycles. The summed E-state index contributed by atoms with van der Waals surface area (Å²) in [5, 5.41) is 8.39. The van der Waals surface area contributed by atoms with Gasteiger partial charge < -0.3 is 5.11 Å². The van der Waals surface area contributed by atoms with E-state index in [1.54, 1.807) is 0 Å². The summed E-state index contributed by atoms with van der Waals surface area (Å²) in [5.41, 5.74) is 0. The molecule has 0 bridgehead atoms. The smallest absolute Gasteiger partial charge is 0.303 e. The Bertz CT molecular complexity index is 130. The van der Waals surface area contributed by atoms with Crippen molar-refractivity contribution < 1.29 is 9.90 Å². The number of carbonyl (C=O) groups is 1. The molecule has 1 rings (SSSR count). The van der Waals surface area contributed by atoms with Crippen molar-refractivity contribution in [2.24, 2.45) is 5.92 Å². The summed E-state index contributed by atoms with van der Waals surface area (Å²) in [7, 11) is 0. The molecule has 0 amide bonds. The van der Waals surface area contributed by atoms with Crippen LogP contribution >= 0.6 is 12.4 Å². The number of hydrogen-bond donors (Lipinski definition) is 1. The number of aliphatic carboxylic acids is 1. The van der Waals surface area contributed by atoms with E-state index in [4.69, 9.17) is 5.11 Å². The van der Waals surface area contributed by atoms with Crippen molar-refractivity contribution in [3.8, 4) is 0 Å². The maximum atomic E-state index is 10.2. The highest BCUT2D eigenvalue weighted by molar-refractivity contribution is 5.85. The third kappa shape index (κ3) is 4.60.